The summed E-state index contributed by atoms with van der Waals surface area (Å²) >= 11 is 0. The molecular weight excluding hydrogens is 325 g/mol. The highest BCUT2D eigenvalue weighted by Crippen LogP contribution is 2.20. The Morgan fingerprint density at radius 2 is 2.16 bits per heavy atom. The lowest BCUT2D eigenvalue weighted by molar-refractivity contribution is 0.0950. The van der Waals surface area contributed by atoms with Crippen molar-refractivity contribution in [3.8, 4) is 5.75 Å². The van der Waals surface area contributed by atoms with Crippen molar-refractivity contribution in [1.29, 1.82) is 0 Å². The number of benzene rings is 1. The maximum Gasteiger partial charge on any atom is 0.251 e. The Bertz CT molecular complexity index is 748. The van der Waals surface area contributed by atoms with E-state index in [9.17, 15) is 9.18 Å². The number of ether oxygens (including phenoxy) is 2. The van der Waals surface area contributed by atoms with Crippen LogP contribution in [0.3, 0.4) is 0 Å². The fourth-order valence-corrected chi connectivity index (χ4v) is 2.71. The smallest absolute Gasteiger partial charge is 0.251 e. The second-order valence-electron chi connectivity index (χ2n) is 5.62. The average molecular weight is 345 g/mol. The predicted molar refractivity (Wildman–Crippen MR) is 91.4 cm³/mol. The molecule has 7 heteroatoms. The number of pyridine rings is 1. The van der Waals surface area contributed by atoms with Gasteiger partial charge < -0.3 is 19.7 Å². The zero-order valence-electron chi connectivity index (χ0n) is 14.0. The van der Waals surface area contributed by atoms with Gasteiger partial charge in [0.15, 0.2) is 11.6 Å². The molecule has 1 fully saturated rings. The lowest BCUT2D eigenvalue weighted by Crippen LogP contribution is -2.37. The Morgan fingerprint density at radius 3 is 2.88 bits per heavy atom. The van der Waals surface area contributed by atoms with Crippen LogP contribution >= 0.6 is 0 Å². The van der Waals surface area contributed by atoms with Crippen molar-refractivity contribution in [1.82, 2.24) is 10.3 Å². The van der Waals surface area contributed by atoms with Gasteiger partial charge in [-0.2, -0.15) is 0 Å². The van der Waals surface area contributed by atoms with Gasteiger partial charge in [0.05, 0.1) is 20.3 Å². The summed E-state index contributed by atoms with van der Waals surface area (Å²) in [5.41, 5.74) is 1.15. The van der Waals surface area contributed by atoms with Gasteiger partial charge in [0, 0.05) is 37.0 Å². The van der Waals surface area contributed by atoms with E-state index in [4.69, 9.17) is 9.47 Å². The Morgan fingerprint density at radius 1 is 1.36 bits per heavy atom. The van der Waals surface area contributed by atoms with Crippen LogP contribution in [-0.4, -0.2) is 44.3 Å². The van der Waals surface area contributed by atoms with Gasteiger partial charge in [-0.25, -0.2) is 9.37 Å². The molecule has 0 saturated carbocycles. The lowest BCUT2D eigenvalue weighted by Gasteiger charge is -2.29. The summed E-state index contributed by atoms with van der Waals surface area (Å²) in [5, 5.41) is 2.82. The number of halogens is 1. The maximum absolute atomic E-state index is 13.7. The number of hydrogen-bond donors (Lipinski definition) is 1. The maximum atomic E-state index is 13.7. The van der Waals surface area contributed by atoms with Gasteiger partial charge in [0.2, 0.25) is 0 Å². The van der Waals surface area contributed by atoms with E-state index in [1.54, 1.807) is 6.20 Å². The minimum absolute atomic E-state index is 0.110. The number of nitrogens with one attached hydrogen (secondary N) is 1. The van der Waals surface area contributed by atoms with Crippen LogP contribution in [0.5, 0.6) is 5.75 Å². The van der Waals surface area contributed by atoms with E-state index >= 15 is 0 Å². The normalized spacial score (nSPS) is 14.2. The first kappa shape index (κ1) is 17.2. The van der Waals surface area contributed by atoms with Crippen LogP contribution in [0.25, 0.3) is 0 Å². The van der Waals surface area contributed by atoms with Crippen LogP contribution in [0.2, 0.25) is 0 Å². The van der Waals surface area contributed by atoms with Crippen molar-refractivity contribution in [2.75, 3.05) is 38.3 Å². The first-order valence-electron chi connectivity index (χ1n) is 8.07. The molecule has 1 aliphatic heterocycles. The van der Waals surface area contributed by atoms with Gasteiger partial charge in [-0.3, -0.25) is 4.79 Å². The summed E-state index contributed by atoms with van der Waals surface area (Å²) in [6.45, 7) is 3.16. The monoisotopic (exact) mass is 345 g/mol. The van der Waals surface area contributed by atoms with E-state index in [1.807, 2.05) is 12.1 Å². The Hall–Kier alpha value is -2.67. The third kappa shape index (κ3) is 4.06. The molecule has 1 saturated heterocycles. The molecule has 25 heavy (non-hydrogen) atoms. The van der Waals surface area contributed by atoms with E-state index in [1.165, 1.54) is 25.3 Å². The molecule has 2 aromatic rings. The van der Waals surface area contributed by atoms with Crippen molar-refractivity contribution in [3.63, 3.8) is 0 Å². The molecule has 1 amide bonds. The summed E-state index contributed by atoms with van der Waals surface area (Å²) in [6, 6.07) is 7.89. The topological polar surface area (TPSA) is 63.7 Å². The molecule has 1 aromatic carbocycles. The van der Waals surface area contributed by atoms with Crippen LogP contribution in [0, 0.1) is 5.82 Å². The molecule has 1 aromatic heterocycles. The average Bonchev–Trinajstić information content (AvgIpc) is 2.67. The fourth-order valence-electron chi connectivity index (χ4n) is 2.71. The highest BCUT2D eigenvalue weighted by Gasteiger charge is 2.16. The zero-order chi connectivity index (χ0) is 17.6. The quantitative estimate of drug-likeness (QED) is 0.898. The SMILES string of the molecule is COc1ccc(C(=O)NCc2cccnc2N2CCOCC2)cc1F. The number of carbonyl (C=O) groups is 1. The van der Waals surface area contributed by atoms with Crippen molar-refractivity contribution in [2.45, 2.75) is 6.54 Å². The van der Waals surface area contributed by atoms with Crippen LogP contribution in [0.1, 0.15) is 15.9 Å². The van der Waals surface area contributed by atoms with E-state index in [-0.39, 0.29) is 17.2 Å². The number of methoxy groups -OCH3 is 1. The van der Waals surface area contributed by atoms with E-state index in [0.29, 0.717) is 19.8 Å². The summed E-state index contributed by atoms with van der Waals surface area (Å²) in [5.74, 6) is 0.0364. The second-order valence-corrected chi connectivity index (χ2v) is 5.62. The van der Waals surface area contributed by atoms with Crippen LogP contribution in [0.15, 0.2) is 36.5 Å². The number of amides is 1. The van der Waals surface area contributed by atoms with Crippen molar-refractivity contribution in [3.05, 3.63) is 53.5 Å². The zero-order valence-corrected chi connectivity index (χ0v) is 14.0. The van der Waals surface area contributed by atoms with Crippen LogP contribution < -0.4 is 15.0 Å². The van der Waals surface area contributed by atoms with Crippen molar-refractivity contribution < 1.29 is 18.7 Å². The second kappa shape index (κ2) is 7.94. The largest absolute Gasteiger partial charge is 0.494 e. The highest BCUT2D eigenvalue weighted by molar-refractivity contribution is 5.94. The lowest BCUT2D eigenvalue weighted by atomic mass is 10.1. The summed E-state index contributed by atoms with van der Waals surface area (Å²) < 4.78 is 24.0. The number of hydrogen-bond acceptors (Lipinski definition) is 5. The molecule has 132 valence electrons. The van der Waals surface area contributed by atoms with Crippen molar-refractivity contribution in [2.24, 2.45) is 0 Å². The predicted octanol–water partition coefficient (Wildman–Crippen LogP) is 2.00. The number of nitrogens with zero attached hydrogens (tertiary/aromatic N) is 2. The van der Waals surface area contributed by atoms with Gasteiger partial charge in [-0.05, 0) is 24.3 Å². The Kier molecular flexibility index (Phi) is 5.45. The third-order valence-electron chi connectivity index (χ3n) is 4.03. The Labute approximate surface area is 145 Å². The number of carbonyl (C=O) groups excluding carboxylic acids is 1. The summed E-state index contributed by atoms with van der Waals surface area (Å²) in [6.07, 6.45) is 1.73. The molecule has 1 aliphatic rings. The number of morpholine rings is 1. The standard InChI is InChI=1S/C18H20FN3O3/c1-24-16-5-4-13(11-15(16)19)18(23)21-12-14-3-2-6-20-17(14)22-7-9-25-10-8-22/h2-6,11H,7-10,12H2,1H3,(H,21,23). The molecule has 6 nitrogen and oxygen atoms in total. The number of aromatic nitrogens is 1. The molecule has 0 atom stereocenters. The molecule has 0 radical (unpaired) electrons. The van der Waals surface area contributed by atoms with Crippen LogP contribution in [-0.2, 0) is 11.3 Å². The number of anilines is 1. The molecule has 0 spiro atoms. The van der Waals surface area contributed by atoms with Gasteiger partial charge in [-0.15, -0.1) is 0 Å². The van der Waals surface area contributed by atoms with Gasteiger partial charge in [0.25, 0.3) is 5.91 Å². The van der Waals surface area contributed by atoms with E-state index in [2.05, 4.69) is 15.2 Å². The molecular formula is C18H20FN3O3. The van der Waals surface area contributed by atoms with E-state index in [0.717, 1.165) is 24.5 Å². The van der Waals surface area contributed by atoms with E-state index < -0.39 is 5.82 Å². The minimum atomic E-state index is -0.564. The fraction of sp³-hybridized carbons (Fsp3) is 0.333. The van der Waals surface area contributed by atoms with Crippen molar-refractivity contribution >= 4 is 11.7 Å². The molecule has 1 N–H and O–H groups in total. The van der Waals surface area contributed by atoms with Gasteiger partial charge in [-0.1, -0.05) is 6.07 Å². The third-order valence-corrected chi connectivity index (χ3v) is 4.03. The highest BCUT2D eigenvalue weighted by atomic mass is 19.1. The van der Waals surface area contributed by atoms with Crippen LogP contribution in [0.4, 0.5) is 10.2 Å². The molecule has 0 unspecified atom stereocenters. The summed E-state index contributed by atoms with van der Waals surface area (Å²) in [7, 11) is 1.38. The molecule has 0 bridgehead atoms. The Balaban J connectivity index is 1.69. The first-order chi connectivity index (χ1) is 12.2. The molecule has 0 aliphatic carbocycles. The minimum Gasteiger partial charge on any atom is -0.494 e. The van der Waals surface area contributed by atoms with Gasteiger partial charge in [0.1, 0.15) is 5.82 Å². The molecule has 3 rings (SSSR count). The summed E-state index contributed by atoms with van der Waals surface area (Å²) in [4.78, 5) is 18.9. The molecule has 2 heterocycles. The first-order valence-corrected chi connectivity index (χ1v) is 8.07. The number of rotatable bonds is 5. The van der Waals surface area contributed by atoms with Gasteiger partial charge >= 0.3 is 0 Å².